The lowest BCUT2D eigenvalue weighted by Gasteiger charge is -2.19. The van der Waals surface area contributed by atoms with Gasteiger partial charge in [-0.25, -0.2) is 79.7 Å². The molecular formula is C91H67Cl9N24O3S8. The number of amides is 2. The lowest BCUT2D eigenvalue weighted by molar-refractivity contribution is -0.115. The molecule has 0 saturated carbocycles. The fourth-order valence-electron chi connectivity index (χ4n) is 13.7. The van der Waals surface area contributed by atoms with Crippen LogP contribution in [-0.2, 0) is 34.0 Å². The van der Waals surface area contributed by atoms with Crippen LogP contribution in [0.1, 0.15) is 41.5 Å². The van der Waals surface area contributed by atoms with Crippen LogP contribution in [0.5, 0.6) is 0 Å². The van der Waals surface area contributed by atoms with E-state index in [-0.39, 0.29) is 22.6 Å². The number of allylic oxidation sites excluding steroid dienone is 3. The average molecular weight is 2120 g/mol. The average Bonchev–Trinajstić information content (AvgIpc) is 1.61. The van der Waals surface area contributed by atoms with Crippen LogP contribution in [0.4, 0.5) is 20.5 Å². The number of halogens is 9. The molecule has 135 heavy (non-hydrogen) atoms. The van der Waals surface area contributed by atoms with Gasteiger partial charge in [0.05, 0.1) is 39.0 Å². The highest BCUT2D eigenvalue weighted by Gasteiger charge is 2.29. The second-order valence-electron chi connectivity index (χ2n) is 29.7. The van der Waals surface area contributed by atoms with E-state index in [1.165, 1.54) is 108 Å². The molecule has 0 bridgehead atoms. The van der Waals surface area contributed by atoms with E-state index in [1.807, 2.05) is 101 Å². The summed E-state index contributed by atoms with van der Waals surface area (Å²) in [5.74, 6) is 2.78. The highest BCUT2D eigenvalue weighted by molar-refractivity contribution is 7.24. The Kier molecular flexibility index (Phi) is 30.3. The van der Waals surface area contributed by atoms with Crippen molar-refractivity contribution < 1.29 is 14.4 Å². The Morgan fingerprint density at radius 2 is 0.696 bits per heavy atom. The number of rotatable bonds is 21. The maximum Gasteiger partial charge on any atom is 0.223 e. The third-order valence-electron chi connectivity index (χ3n) is 19.0. The van der Waals surface area contributed by atoms with Crippen molar-refractivity contribution in [1.29, 1.82) is 0 Å². The van der Waals surface area contributed by atoms with Crippen LogP contribution in [0.25, 0.3) is 171 Å². The SMILES string of the molecule is C=CCn1ccnc1-c1sc(-c2ncnc3sc(N)nc23)cc1-c1ccc(Cl)cc1Cl.C=CCn1ccnc1-c1sc(-c2ncnc3sc(NC(C)(C)C)nc23)cc1-c1ccc(Cl)cc1Cl.C=CCn1ccnc1-c1sc(-c2ncnc3sc(NC(C)=O)nc23)cc1-c1ccc(Cl)cc1Cl.CC(=O)Cl.CC(=O)Nc1nc2c(-c3cc(-c4ccc(Cl)cc4Cl)c(-c4ncc[nH]4)s3)ncnc2s1. The van der Waals surface area contributed by atoms with Gasteiger partial charge in [0.15, 0.2) is 38.0 Å². The Morgan fingerprint density at radius 1 is 0.393 bits per heavy atom. The third-order valence-corrected chi connectivity index (χ3v) is 29.2. The molecule has 16 aromatic heterocycles. The number of hydrogen-bond donors (Lipinski definition) is 5. The van der Waals surface area contributed by atoms with Crippen LogP contribution in [-0.4, -0.2) is 121 Å². The Balaban J connectivity index is 0.000000129. The maximum atomic E-state index is 11.5. The summed E-state index contributed by atoms with van der Waals surface area (Å²) in [4.78, 5) is 118. The van der Waals surface area contributed by atoms with Crippen LogP contribution in [0.2, 0.25) is 40.2 Å². The molecule has 0 unspecified atom stereocenters. The summed E-state index contributed by atoms with van der Waals surface area (Å²) in [5, 5.41) is 15.2. The summed E-state index contributed by atoms with van der Waals surface area (Å²) in [6.45, 7) is 23.9. The van der Waals surface area contributed by atoms with Gasteiger partial charge in [0, 0.05) is 180 Å². The Hall–Kier alpha value is -11.6. The van der Waals surface area contributed by atoms with Gasteiger partial charge in [0.2, 0.25) is 17.1 Å². The number of carbonyl (C=O) groups is 3. The van der Waals surface area contributed by atoms with E-state index in [4.69, 9.17) is 104 Å². The summed E-state index contributed by atoms with van der Waals surface area (Å²) >= 11 is 67.2. The number of aromatic amines is 1. The molecule has 20 aromatic rings. The highest BCUT2D eigenvalue weighted by atomic mass is 35.5. The van der Waals surface area contributed by atoms with Crippen LogP contribution in [0, 0.1) is 0 Å². The number of nitrogens with one attached hydrogen (secondary N) is 4. The van der Waals surface area contributed by atoms with Gasteiger partial charge in [-0.2, -0.15) is 0 Å². The molecule has 0 radical (unpaired) electrons. The number of nitrogen functional groups attached to an aromatic ring is 1. The van der Waals surface area contributed by atoms with E-state index >= 15 is 0 Å². The third kappa shape index (κ3) is 22.1. The molecule has 0 atom stereocenters. The standard InChI is InChI=1S/C25H22Cl2N6S2.C23H16Cl2N6OS2.C21H14Cl2N6S2.C20H12Cl2N6OS2.C2H3ClO/c1-5-9-33-10-8-28-22(33)21-16(15-7-6-14(26)11-17(15)27)12-18(34-21)19-20-23(30-13-29-19)35-24(31-20)32-25(2,3)4;1-3-7-31-8-6-26-21(31)20-15(14-5-4-13(24)9-16(14)25)10-17(33-20)18-19-22(28-11-27-18)34-23(30-19)29-12(2)32;1-2-6-29-7-5-25-19(29)18-13(12-4-3-11(22)8-14(12)23)9-15(30-18)16-17-20(27-10-26-16)31-21(24)28-17;1-9(29)27-20-28-16-15(25-8-26-19(16)31-20)14-7-12(11-3-2-10(21)6-13(11)22)17(30-14)18-23-4-5-24-18;1-2(3)4/h5-8,10-13H,1,9H2,2-4H3,(H,31,32);3-6,8-11H,1,7H2,2H3,(H,29,30,32);2-5,7-10H,1,6H2,(H2,24,28);2-8H,1H3,(H,23,24)(H,27,28,29);1H3. The molecule has 0 saturated heterocycles. The lowest BCUT2D eigenvalue weighted by atomic mass is 10.1. The molecule has 6 N–H and O–H groups in total. The summed E-state index contributed by atoms with van der Waals surface area (Å²) in [7, 11) is 0. The highest BCUT2D eigenvalue weighted by Crippen LogP contribution is 2.52. The first-order chi connectivity index (χ1) is 64.9. The van der Waals surface area contributed by atoms with Crippen LogP contribution in [0.15, 0.2) is 210 Å². The Labute approximate surface area is 846 Å². The van der Waals surface area contributed by atoms with Crippen molar-refractivity contribution >= 4 is 274 Å². The van der Waals surface area contributed by atoms with Crippen LogP contribution >= 0.6 is 195 Å². The fraction of sp³-hybridized carbons (Fsp3) is 0.110. The molecule has 0 aliphatic carbocycles. The normalized spacial score (nSPS) is 11.2. The van der Waals surface area contributed by atoms with E-state index < -0.39 is 0 Å². The number of thiophene rings is 4. The van der Waals surface area contributed by atoms with E-state index in [2.05, 4.69) is 165 Å². The maximum absolute atomic E-state index is 11.5. The predicted molar refractivity (Wildman–Crippen MR) is 561 cm³/mol. The first-order valence-corrected chi connectivity index (χ1v) is 49.8. The molecule has 16 heterocycles. The zero-order valence-electron chi connectivity index (χ0n) is 71.1. The van der Waals surface area contributed by atoms with Crippen LogP contribution in [0.3, 0.4) is 0 Å². The molecule has 0 spiro atoms. The zero-order valence-corrected chi connectivity index (χ0v) is 84.4. The Bertz CT molecular complexity index is 7890. The minimum atomic E-state index is -0.361. The lowest BCUT2D eigenvalue weighted by Crippen LogP contribution is -2.25. The molecule has 0 aliphatic heterocycles. The number of benzene rings is 4. The smallest absolute Gasteiger partial charge is 0.223 e. The summed E-state index contributed by atoms with van der Waals surface area (Å²) in [6, 6.07) is 30.0. The van der Waals surface area contributed by atoms with Crippen molar-refractivity contribution in [1.82, 2.24) is 98.4 Å². The van der Waals surface area contributed by atoms with E-state index in [0.717, 1.165) is 139 Å². The summed E-state index contributed by atoms with van der Waals surface area (Å²) in [5.41, 5.74) is 18.4. The number of anilines is 4. The molecule has 680 valence electrons. The largest absolute Gasteiger partial charge is 0.375 e. The minimum Gasteiger partial charge on any atom is -0.375 e. The topological polar surface area (TPSA) is 350 Å². The second kappa shape index (κ2) is 42.4. The summed E-state index contributed by atoms with van der Waals surface area (Å²) < 4.78 is 6.11. The number of fused-ring (bicyclic) bond motifs is 4. The second-order valence-corrected chi connectivity index (χ2v) is 41.8. The first-order valence-electron chi connectivity index (χ1n) is 39.9. The number of hydrogen-bond acceptors (Lipinski definition) is 29. The molecule has 44 heteroatoms. The molecule has 4 aromatic carbocycles. The molecule has 2 amide bonds. The number of H-pyrrole nitrogens is 1. The van der Waals surface area contributed by atoms with Crippen molar-refractivity contribution in [2.24, 2.45) is 0 Å². The molecular weight excluding hydrogens is 2050 g/mol. The number of nitrogens with two attached hydrogens (primary N) is 1. The number of aromatic nitrogens is 20. The number of thiazole rings is 4. The summed E-state index contributed by atoms with van der Waals surface area (Å²) in [6.07, 6.45) is 26.2. The van der Waals surface area contributed by atoms with E-state index in [9.17, 15) is 14.4 Å². The number of imidazole rings is 4. The van der Waals surface area contributed by atoms with Gasteiger partial charge in [0.1, 0.15) is 95.3 Å². The van der Waals surface area contributed by atoms with E-state index in [1.54, 1.807) is 90.3 Å². The van der Waals surface area contributed by atoms with Crippen molar-refractivity contribution in [2.75, 3.05) is 21.7 Å². The first kappa shape index (κ1) is 96.6. The van der Waals surface area contributed by atoms with Crippen molar-refractivity contribution in [3.8, 4) is 130 Å². The van der Waals surface area contributed by atoms with Gasteiger partial charge >= 0.3 is 0 Å². The van der Waals surface area contributed by atoms with E-state index in [0.29, 0.717) is 113 Å². The number of nitrogens with zero attached hydrogens (tertiary/aromatic N) is 19. The quantitative estimate of drug-likeness (QED) is 0.0329. The van der Waals surface area contributed by atoms with Gasteiger partial charge in [-0.05, 0) is 105 Å². The fourth-order valence-corrected chi connectivity index (χ4v) is 23.8. The van der Waals surface area contributed by atoms with Gasteiger partial charge in [-0.15, -0.1) is 65.1 Å². The predicted octanol–water partition coefficient (Wildman–Crippen LogP) is 28.2. The zero-order chi connectivity index (χ0) is 95.2. The van der Waals surface area contributed by atoms with Crippen LogP contribution < -0.4 is 21.7 Å². The molecule has 0 aliphatic rings. The van der Waals surface area contributed by atoms with Gasteiger partial charge in [0.25, 0.3) is 0 Å². The Morgan fingerprint density at radius 3 is 1.00 bits per heavy atom. The minimum absolute atomic E-state index is 0.113. The van der Waals surface area contributed by atoms with Gasteiger partial charge in [-0.1, -0.05) is 181 Å². The van der Waals surface area contributed by atoms with Gasteiger partial charge < -0.3 is 40.4 Å². The molecule has 20 rings (SSSR count). The monoisotopic (exact) mass is 2110 g/mol. The van der Waals surface area contributed by atoms with Crippen molar-refractivity contribution in [3.05, 3.63) is 250 Å². The van der Waals surface area contributed by atoms with Crippen molar-refractivity contribution in [3.63, 3.8) is 0 Å². The van der Waals surface area contributed by atoms with Crippen molar-refractivity contribution in [2.45, 2.75) is 66.7 Å². The van der Waals surface area contributed by atoms with Gasteiger partial charge in [-0.3, -0.25) is 14.4 Å². The molecule has 27 nitrogen and oxygen atoms in total. The number of carbonyl (C=O) groups excluding carboxylic acids is 3. The molecule has 0 fully saturated rings.